The van der Waals surface area contributed by atoms with Crippen LogP contribution in [0.5, 0.6) is 0 Å². The molecule has 0 fully saturated rings. The van der Waals surface area contributed by atoms with Gasteiger partial charge < -0.3 is 0 Å². The molecule has 0 unspecified atom stereocenters. The van der Waals surface area contributed by atoms with E-state index < -0.39 is 19.5 Å². The van der Waals surface area contributed by atoms with Crippen molar-refractivity contribution in [2.75, 3.05) is 26.2 Å². The molecule has 0 radical (unpaired) electrons. The van der Waals surface area contributed by atoms with Crippen molar-refractivity contribution in [1.29, 1.82) is 0 Å². The van der Waals surface area contributed by atoms with E-state index in [1.807, 2.05) is 0 Å². The zero-order valence-electron chi connectivity index (χ0n) is 17.8. The number of unbranched alkanes of at least 4 members (excludes halogenated alkanes) is 8. The van der Waals surface area contributed by atoms with Crippen molar-refractivity contribution in [3.63, 3.8) is 0 Å². The monoisotopic (exact) mass is 464 g/mol. The summed E-state index contributed by atoms with van der Waals surface area (Å²) in [4.78, 5) is 0. The maximum atomic E-state index is 3.98. The first kappa shape index (κ1) is 25.6. The number of nitrogens with one attached hydrogen (secondary N) is 4. The van der Waals surface area contributed by atoms with E-state index in [9.17, 15) is 0 Å². The van der Waals surface area contributed by atoms with Crippen molar-refractivity contribution in [1.82, 2.24) is 14.2 Å². The Balaban J connectivity index is 4.62. The van der Waals surface area contributed by atoms with Crippen molar-refractivity contribution in [3.8, 4) is 0 Å². The molecule has 0 aliphatic rings. The van der Waals surface area contributed by atoms with Crippen LogP contribution in [0.4, 0.5) is 0 Å². The Bertz CT molecular complexity index is 211. The van der Waals surface area contributed by atoms with E-state index in [0.717, 1.165) is 26.2 Å². The molecule has 4 nitrogen and oxygen atoms in total. The van der Waals surface area contributed by atoms with Gasteiger partial charge in [-0.1, -0.05) is 0 Å². The summed E-state index contributed by atoms with van der Waals surface area (Å²) in [6.45, 7) is 13.7. The molecule has 152 valence electrons. The van der Waals surface area contributed by atoms with Crippen LogP contribution in [0.1, 0.15) is 105 Å². The van der Waals surface area contributed by atoms with Crippen LogP contribution in [0.2, 0.25) is 0 Å². The summed E-state index contributed by atoms with van der Waals surface area (Å²) in [6, 6.07) is 0. The molecular weight excluding hydrogens is 415 g/mol. The first-order valence-electron chi connectivity index (χ1n) is 11.2. The molecule has 0 atom stereocenters. The van der Waals surface area contributed by atoms with Crippen molar-refractivity contribution >= 4 is 19.5 Å². The summed E-state index contributed by atoms with van der Waals surface area (Å²) in [5, 5.41) is 0. The quantitative estimate of drug-likeness (QED) is 0.158. The fourth-order valence-corrected chi connectivity index (χ4v) is 11.4. The van der Waals surface area contributed by atoms with E-state index in [1.54, 1.807) is 0 Å². The van der Waals surface area contributed by atoms with Gasteiger partial charge in [0.15, 0.2) is 0 Å². The molecule has 0 aliphatic carbocycles. The normalized spacial score (nSPS) is 12.0. The Morgan fingerprint density at radius 3 is 0.840 bits per heavy atom. The maximum absolute atomic E-state index is 3.98. The zero-order chi connectivity index (χ0) is 18.6. The molecular formula is C20H48N4Sn. The molecule has 0 saturated carbocycles. The molecule has 0 aromatic heterocycles. The van der Waals surface area contributed by atoms with Gasteiger partial charge in [0.25, 0.3) is 0 Å². The van der Waals surface area contributed by atoms with E-state index in [-0.39, 0.29) is 0 Å². The summed E-state index contributed by atoms with van der Waals surface area (Å²) >= 11 is -2.86. The molecule has 0 spiro atoms. The second-order valence-electron chi connectivity index (χ2n) is 7.29. The fraction of sp³-hybridized carbons (Fsp3) is 1.00. The summed E-state index contributed by atoms with van der Waals surface area (Å²) < 4.78 is 15.9. The molecule has 0 saturated heterocycles. The Labute approximate surface area is 164 Å². The number of hydrogen-bond acceptors (Lipinski definition) is 4. The third kappa shape index (κ3) is 15.4. The summed E-state index contributed by atoms with van der Waals surface area (Å²) in [6.07, 6.45) is 15.7. The number of rotatable bonds is 20. The van der Waals surface area contributed by atoms with E-state index >= 15 is 0 Å². The average molecular weight is 463 g/mol. The van der Waals surface area contributed by atoms with E-state index in [1.165, 1.54) is 77.0 Å². The van der Waals surface area contributed by atoms with Crippen LogP contribution in [-0.2, 0) is 0 Å². The molecule has 0 amide bonds. The molecule has 0 rings (SSSR count). The van der Waals surface area contributed by atoms with Crippen LogP contribution in [0.25, 0.3) is 0 Å². The Hall–Kier alpha value is 0.639. The predicted octanol–water partition coefficient (Wildman–Crippen LogP) is 4.54. The molecule has 5 heteroatoms. The second-order valence-corrected chi connectivity index (χ2v) is 15.6. The van der Waals surface area contributed by atoms with Crippen LogP contribution in [-0.4, -0.2) is 45.6 Å². The topological polar surface area (TPSA) is 48.1 Å². The average Bonchev–Trinajstić information content (AvgIpc) is 2.63. The minimum absolute atomic E-state index is 1.15. The van der Waals surface area contributed by atoms with Crippen molar-refractivity contribution in [3.05, 3.63) is 0 Å². The van der Waals surface area contributed by atoms with Crippen LogP contribution in [0.15, 0.2) is 0 Å². The van der Waals surface area contributed by atoms with Crippen molar-refractivity contribution in [2.24, 2.45) is 0 Å². The van der Waals surface area contributed by atoms with Crippen molar-refractivity contribution < 1.29 is 0 Å². The van der Waals surface area contributed by atoms with E-state index in [0.29, 0.717) is 0 Å². The first-order chi connectivity index (χ1) is 12.2. The second kappa shape index (κ2) is 19.4. The fourth-order valence-electron chi connectivity index (χ4n) is 2.98. The predicted molar refractivity (Wildman–Crippen MR) is 116 cm³/mol. The summed E-state index contributed by atoms with van der Waals surface area (Å²) in [7, 11) is 0. The zero-order valence-corrected chi connectivity index (χ0v) is 20.7. The van der Waals surface area contributed by atoms with Gasteiger partial charge in [-0.25, -0.2) is 0 Å². The van der Waals surface area contributed by atoms with E-state index in [4.69, 9.17) is 0 Å². The summed E-state index contributed by atoms with van der Waals surface area (Å²) in [5.41, 5.74) is 0. The minimum atomic E-state index is -2.86. The molecule has 0 aliphatic heterocycles. The molecule has 0 bridgehead atoms. The van der Waals surface area contributed by atoms with Crippen LogP contribution in [0, 0.1) is 0 Å². The van der Waals surface area contributed by atoms with Gasteiger partial charge in [-0.15, -0.1) is 0 Å². The molecule has 0 heterocycles. The van der Waals surface area contributed by atoms with Gasteiger partial charge in [0.05, 0.1) is 0 Å². The standard InChI is InChI=1S/4C5H12N.Sn/c4*1-2-3-4-5-6;/h4*6H,2-5H2,1H3;/q4*-1;+4. The van der Waals surface area contributed by atoms with Gasteiger partial charge in [0.2, 0.25) is 0 Å². The Kier molecular flexibility index (Phi) is 19.9. The molecule has 25 heavy (non-hydrogen) atoms. The third-order valence-electron chi connectivity index (χ3n) is 4.68. The number of hydrogen-bond donors (Lipinski definition) is 4. The molecule has 0 aromatic carbocycles. The van der Waals surface area contributed by atoms with E-state index in [2.05, 4.69) is 41.8 Å². The molecule has 0 aromatic rings. The Morgan fingerprint density at radius 2 is 0.640 bits per heavy atom. The SMILES string of the molecule is CCCCC[NH][Sn]([NH]CCCCC)([NH]CCCCC)[NH]CCCCC. The van der Waals surface area contributed by atoms with Gasteiger partial charge in [0, 0.05) is 0 Å². The van der Waals surface area contributed by atoms with Gasteiger partial charge in [-0.2, -0.15) is 0 Å². The third-order valence-corrected chi connectivity index (χ3v) is 13.6. The van der Waals surface area contributed by atoms with Gasteiger partial charge in [-0.05, 0) is 0 Å². The van der Waals surface area contributed by atoms with Gasteiger partial charge in [-0.3, -0.25) is 0 Å². The van der Waals surface area contributed by atoms with Gasteiger partial charge >= 0.3 is 165 Å². The Morgan fingerprint density at radius 1 is 0.400 bits per heavy atom. The van der Waals surface area contributed by atoms with Crippen LogP contribution in [0.3, 0.4) is 0 Å². The summed E-state index contributed by atoms with van der Waals surface area (Å²) in [5.74, 6) is 0. The van der Waals surface area contributed by atoms with Crippen molar-refractivity contribution in [2.45, 2.75) is 105 Å². The van der Waals surface area contributed by atoms with Gasteiger partial charge in [0.1, 0.15) is 0 Å². The first-order valence-corrected chi connectivity index (χ1v) is 17.0. The molecule has 4 N–H and O–H groups in total. The van der Waals surface area contributed by atoms with Crippen LogP contribution >= 0.6 is 0 Å². The van der Waals surface area contributed by atoms with Crippen LogP contribution < -0.4 is 14.2 Å².